The molecule has 0 saturated carbocycles. The Morgan fingerprint density at radius 1 is 1.20 bits per heavy atom. The summed E-state index contributed by atoms with van der Waals surface area (Å²) < 4.78 is 0. The van der Waals surface area contributed by atoms with E-state index in [4.69, 9.17) is 0 Å². The molecule has 0 aliphatic carbocycles. The Bertz CT molecular complexity index is 543. The zero-order chi connectivity index (χ0) is 12.8. The molecule has 0 radical (unpaired) electrons. The van der Waals surface area contributed by atoms with Gasteiger partial charge < -0.3 is 10.6 Å². The molecule has 1 aromatic carbocycles. The van der Waals surface area contributed by atoms with Gasteiger partial charge >= 0.3 is 0 Å². The first-order valence-corrected chi connectivity index (χ1v) is 6.05. The van der Waals surface area contributed by atoms with E-state index in [1.807, 2.05) is 24.3 Å². The predicted octanol–water partition coefficient (Wildman–Crippen LogP) is 1.96. The number of carbonyl (C=O) groups is 1. The minimum Gasteiger partial charge on any atom is -0.355 e. The van der Waals surface area contributed by atoms with Crippen LogP contribution in [0.15, 0.2) is 36.5 Å². The van der Waals surface area contributed by atoms with Crippen LogP contribution in [0, 0.1) is 0 Å². The highest BCUT2D eigenvalue weighted by atomic mass is 35.5. The highest BCUT2D eigenvalue weighted by molar-refractivity contribution is 5.85. The Morgan fingerprint density at radius 3 is 2.70 bits per heavy atom. The molecule has 2 N–H and O–H groups in total. The van der Waals surface area contributed by atoms with Crippen LogP contribution in [0.25, 0.3) is 10.9 Å². The summed E-state index contributed by atoms with van der Waals surface area (Å²) in [6.45, 7) is 0.990. The molecular formula is C14H19Cl2N3O. The fraction of sp³-hybridized carbons (Fsp3) is 0.286. The van der Waals surface area contributed by atoms with Gasteiger partial charge in [-0.25, -0.2) is 0 Å². The molecule has 2 aromatic rings. The van der Waals surface area contributed by atoms with Crippen LogP contribution in [0.5, 0.6) is 0 Å². The number of pyridine rings is 1. The summed E-state index contributed by atoms with van der Waals surface area (Å²) in [7, 11) is 1.76. The lowest BCUT2D eigenvalue weighted by Gasteiger charge is -2.07. The van der Waals surface area contributed by atoms with E-state index in [0.29, 0.717) is 13.1 Å². The van der Waals surface area contributed by atoms with E-state index in [2.05, 4.69) is 21.7 Å². The number of halogens is 2. The summed E-state index contributed by atoms with van der Waals surface area (Å²) >= 11 is 0. The number of hydrogen-bond donors (Lipinski definition) is 2. The van der Waals surface area contributed by atoms with Crippen molar-refractivity contribution in [3.05, 3.63) is 42.1 Å². The van der Waals surface area contributed by atoms with Crippen molar-refractivity contribution in [1.82, 2.24) is 15.6 Å². The first kappa shape index (κ1) is 18.6. The van der Waals surface area contributed by atoms with Crippen LogP contribution in [0.4, 0.5) is 0 Å². The van der Waals surface area contributed by atoms with Gasteiger partial charge in [0.25, 0.3) is 0 Å². The predicted molar refractivity (Wildman–Crippen MR) is 86.9 cm³/mol. The minimum atomic E-state index is 0. The minimum absolute atomic E-state index is 0. The second-order valence-corrected chi connectivity index (χ2v) is 4.12. The first-order chi connectivity index (χ1) is 8.81. The Labute approximate surface area is 131 Å². The molecule has 2 rings (SSSR count). The SMILES string of the molecule is CNCC(=O)NCCc1cccc2cccnc12.Cl.Cl. The van der Waals surface area contributed by atoms with Crippen LogP contribution in [0.1, 0.15) is 5.56 Å². The van der Waals surface area contributed by atoms with Crippen molar-refractivity contribution in [2.75, 3.05) is 20.1 Å². The topological polar surface area (TPSA) is 54.0 Å². The molecule has 110 valence electrons. The van der Waals surface area contributed by atoms with Gasteiger partial charge in [-0.3, -0.25) is 9.78 Å². The Hall–Kier alpha value is -1.36. The van der Waals surface area contributed by atoms with Gasteiger partial charge in [-0.15, -0.1) is 24.8 Å². The highest BCUT2D eigenvalue weighted by Crippen LogP contribution is 2.15. The fourth-order valence-corrected chi connectivity index (χ4v) is 1.93. The third-order valence-corrected chi connectivity index (χ3v) is 2.77. The number of likely N-dealkylation sites (N-methyl/N-ethyl adjacent to an activating group) is 1. The number of rotatable bonds is 5. The maximum atomic E-state index is 11.3. The molecule has 0 saturated heterocycles. The summed E-state index contributed by atoms with van der Waals surface area (Å²) in [6, 6.07) is 10.1. The Morgan fingerprint density at radius 2 is 1.95 bits per heavy atom. The van der Waals surface area contributed by atoms with Gasteiger partial charge in [0.15, 0.2) is 0 Å². The van der Waals surface area contributed by atoms with Crippen molar-refractivity contribution in [2.24, 2.45) is 0 Å². The lowest BCUT2D eigenvalue weighted by atomic mass is 10.1. The fourth-order valence-electron chi connectivity index (χ4n) is 1.93. The van der Waals surface area contributed by atoms with E-state index in [0.717, 1.165) is 22.9 Å². The second kappa shape index (κ2) is 9.53. The van der Waals surface area contributed by atoms with Gasteiger partial charge in [-0.2, -0.15) is 0 Å². The van der Waals surface area contributed by atoms with Crippen molar-refractivity contribution in [2.45, 2.75) is 6.42 Å². The normalized spacial score (nSPS) is 9.45. The Balaban J connectivity index is 0.00000180. The van der Waals surface area contributed by atoms with Crippen molar-refractivity contribution in [3.8, 4) is 0 Å². The van der Waals surface area contributed by atoms with Gasteiger partial charge in [0.1, 0.15) is 0 Å². The number of benzene rings is 1. The zero-order valence-corrected chi connectivity index (χ0v) is 12.9. The highest BCUT2D eigenvalue weighted by Gasteiger charge is 2.02. The molecule has 0 aliphatic rings. The number of para-hydroxylation sites is 1. The molecule has 1 heterocycles. The molecule has 0 spiro atoms. The van der Waals surface area contributed by atoms with Crippen LogP contribution >= 0.6 is 24.8 Å². The average molecular weight is 316 g/mol. The standard InChI is InChI=1S/C14H17N3O.2ClH/c1-15-10-13(18)16-9-7-12-5-2-4-11-6-3-8-17-14(11)12;;/h2-6,8,15H,7,9-10H2,1H3,(H,16,18);2*1H. The number of amides is 1. The average Bonchev–Trinajstić information content (AvgIpc) is 2.39. The van der Waals surface area contributed by atoms with Crippen molar-refractivity contribution < 1.29 is 4.79 Å². The molecule has 0 fully saturated rings. The van der Waals surface area contributed by atoms with Gasteiger partial charge in [-0.1, -0.05) is 24.3 Å². The van der Waals surface area contributed by atoms with Crippen molar-refractivity contribution in [3.63, 3.8) is 0 Å². The van der Waals surface area contributed by atoms with Crippen LogP contribution in [0.3, 0.4) is 0 Å². The summed E-state index contributed by atoms with van der Waals surface area (Å²) in [5, 5.41) is 6.82. The van der Waals surface area contributed by atoms with E-state index >= 15 is 0 Å². The summed E-state index contributed by atoms with van der Waals surface area (Å²) in [4.78, 5) is 15.7. The molecule has 0 aliphatic heterocycles. The zero-order valence-electron chi connectivity index (χ0n) is 11.3. The molecule has 1 aromatic heterocycles. The number of hydrogen-bond acceptors (Lipinski definition) is 3. The maximum absolute atomic E-state index is 11.3. The quantitative estimate of drug-likeness (QED) is 0.886. The number of carbonyl (C=O) groups excluding carboxylic acids is 1. The third-order valence-electron chi connectivity index (χ3n) is 2.77. The third kappa shape index (κ3) is 4.96. The molecule has 4 nitrogen and oxygen atoms in total. The molecule has 6 heteroatoms. The van der Waals surface area contributed by atoms with Gasteiger partial charge in [-0.05, 0) is 25.1 Å². The molecule has 1 amide bonds. The molecule has 0 unspecified atom stereocenters. The Kier molecular flexibility index (Phi) is 8.88. The largest absolute Gasteiger partial charge is 0.355 e. The van der Waals surface area contributed by atoms with E-state index in [1.165, 1.54) is 0 Å². The van der Waals surface area contributed by atoms with Crippen LogP contribution in [-0.2, 0) is 11.2 Å². The molecule has 0 atom stereocenters. The monoisotopic (exact) mass is 315 g/mol. The lowest BCUT2D eigenvalue weighted by Crippen LogP contribution is -2.33. The molecule has 0 bridgehead atoms. The van der Waals surface area contributed by atoms with Gasteiger partial charge in [0, 0.05) is 18.1 Å². The smallest absolute Gasteiger partial charge is 0.233 e. The lowest BCUT2D eigenvalue weighted by molar-refractivity contribution is -0.120. The maximum Gasteiger partial charge on any atom is 0.233 e. The number of fused-ring (bicyclic) bond motifs is 1. The van der Waals surface area contributed by atoms with Crippen molar-refractivity contribution in [1.29, 1.82) is 0 Å². The van der Waals surface area contributed by atoms with Gasteiger partial charge in [0.05, 0.1) is 12.1 Å². The number of aromatic nitrogens is 1. The second-order valence-electron chi connectivity index (χ2n) is 4.12. The van der Waals surface area contributed by atoms with Gasteiger partial charge in [0.2, 0.25) is 5.91 Å². The molecule has 20 heavy (non-hydrogen) atoms. The van der Waals surface area contributed by atoms with E-state index < -0.39 is 0 Å². The van der Waals surface area contributed by atoms with E-state index in [1.54, 1.807) is 13.2 Å². The number of nitrogens with one attached hydrogen (secondary N) is 2. The summed E-state index contributed by atoms with van der Waals surface area (Å²) in [5.41, 5.74) is 2.18. The first-order valence-electron chi connectivity index (χ1n) is 6.05. The van der Waals surface area contributed by atoms with E-state index in [-0.39, 0.29) is 30.7 Å². The van der Waals surface area contributed by atoms with Crippen LogP contribution < -0.4 is 10.6 Å². The van der Waals surface area contributed by atoms with Crippen molar-refractivity contribution >= 4 is 41.6 Å². The van der Waals surface area contributed by atoms with E-state index in [9.17, 15) is 4.79 Å². The molecular weight excluding hydrogens is 297 g/mol. The van der Waals surface area contributed by atoms with Crippen LogP contribution in [-0.4, -0.2) is 31.0 Å². The summed E-state index contributed by atoms with van der Waals surface area (Å²) in [5.74, 6) is 0.0192. The summed E-state index contributed by atoms with van der Waals surface area (Å²) in [6.07, 6.45) is 2.59. The number of nitrogens with zero attached hydrogens (tertiary/aromatic N) is 1. The van der Waals surface area contributed by atoms with Crippen LogP contribution in [0.2, 0.25) is 0 Å².